The number of hydrogen-bond donors (Lipinski definition) is 1. The van der Waals surface area contributed by atoms with Gasteiger partial charge in [0.05, 0.1) is 6.20 Å². The van der Waals surface area contributed by atoms with Crippen molar-refractivity contribution in [3.05, 3.63) is 35.3 Å². The number of nitrogens with zero attached hydrogens (tertiary/aromatic N) is 4. The summed E-state index contributed by atoms with van der Waals surface area (Å²) in [6.07, 6.45) is 1.20. The monoisotopic (exact) mass is 277 g/mol. The Kier molecular flexibility index (Phi) is 3.85. The first-order valence-electron chi connectivity index (χ1n) is 6.56. The van der Waals surface area contributed by atoms with Gasteiger partial charge in [0.2, 0.25) is 0 Å². The molecule has 2 heterocycles. The minimum Gasteiger partial charge on any atom is -0.308 e. The molecule has 1 N–H and O–H groups in total. The van der Waals surface area contributed by atoms with Crippen molar-refractivity contribution in [1.82, 2.24) is 25.1 Å². The van der Waals surface area contributed by atoms with E-state index >= 15 is 0 Å². The Bertz CT molecular complexity index is 613. The highest BCUT2D eigenvalue weighted by molar-refractivity contribution is 5.34. The summed E-state index contributed by atoms with van der Waals surface area (Å²) < 4.78 is 15.1. The maximum atomic E-state index is 13.5. The van der Waals surface area contributed by atoms with E-state index in [0.29, 0.717) is 18.2 Å². The van der Waals surface area contributed by atoms with Gasteiger partial charge in [-0.2, -0.15) is 4.68 Å². The van der Waals surface area contributed by atoms with Crippen molar-refractivity contribution >= 4 is 0 Å². The van der Waals surface area contributed by atoms with Crippen LogP contribution >= 0.6 is 0 Å². The van der Waals surface area contributed by atoms with E-state index in [0.717, 1.165) is 11.4 Å². The lowest BCUT2D eigenvalue weighted by molar-refractivity contribution is 0.422. The molecule has 2 rings (SSSR count). The van der Waals surface area contributed by atoms with Crippen LogP contribution in [0.4, 0.5) is 4.39 Å². The van der Waals surface area contributed by atoms with Crippen molar-refractivity contribution in [2.24, 2.45) is 0 Å². The normalized spacial score (nSPS) is 11.9. The summed E-state index contributed by atoms with van der Waals surface area (Å²) in [5.41, 5.74) is 0.699. The first kappa shape index (κ1) is 14.6. The van der Waals surface area contributed by atoms with Crippen molar-refractivity contribution in [3.8, 4) is 5.82 Å². The fourth-order valence-electron chi connectivity index (χ4n) is 1.88. The third-order valence-corrected chi connectivity index (χ3v) is 2.79. The van der Waals surface area contributed by atoms with Gasteiger partial charge in [-0.1, -0.05) is 0 Å². The quantitative estimate of drug-likeness (QED) is 0.935. The molecule has 0 fully saturated rings. The Morgan fingerprint density at radius 1 is 1.30 bits per heavy atom. The zero-order chi connectivity index (χ0) is 14.9. The van der Waals surface area contributed by atoms with Gasteiger partial charge in [-0.25, -0.2) is 14.4 Å². The molecule has 2 aromatic rings. The molecular formula is C14H20FN5. The van der Waals surface area contributed by atoms with Crippen LogP contribution in [0.2, 0.25) is 0 Å². The number of rotatable bonds is 3. The Balaban J connectivity index is 2.40. The van der Waals surface area contributed by atoms with Crippen LogP contribution in [0.5, 0.6) is 0 Å². The summed E-state index contributed by atoms with van der Waals surface area (Å²) in [5, 5.41) is 7.64. The summed E-state index contributed by atoms with van der Waals surface area (Å²) in [6, 6.07) is 1.48. The lowest BCUT2D eigenvalue weighted by atomic mass is 10.1. The van der Waals surface area contributed by atoms with Crippen LogP contribution < -0.4 is 5.32 Å². The van der Waals surface area contributed by atoms with Gasteiger partial charge in [0.1, 0.15) is 17.5 Å². The number of aromatic nitrogens is 4. The number of nitrogens with one attached hydrogen (secondary N) is 1. The van der Waals surface area contributed by atoms with Crippen LogP contribution in [0, 0.1) is 19.7 Å². The number of pyridine rings is 1. The predicted octanol–water partition coefficient (Wildman–Crippen LogP) is 2.31. The van der Waals surface area contributed by atoms with Crippen LogP contribution in [0.15, 0.2) is 12.3 Å². The molecule has 5 nitrogen and oxygen atoms in total. The molecule has 6 heteroatoms. The Morgan fingerprint density at radius 3 is 2.55 bits per heavy atom. The van der Waals surface area contributed by atoms with Crippen molar-refractivity contribution < 1.29 is 4.39 Å². The van der Waals surface area contributed by atoms with E-state index in [1.165, 1.54) is 12.3 Å². The standard InChI is InChI=1S/C14H20FN5/c1-9-18-10(2)20(19-9)13-11(6-12(15)8-16-13)7-17-14(3,4)5/h6,8,17H,7H2,1-5H3. The van der Waals surface area contributed by atoms with E-state index in [2.05, 4.69) is 41.2 Å². The van der Waals surface area contributed by atoms with Gasteiger partial charge >= 0.3 is 0 Å². The lowest BCUT2D eigenvalue weighted by Gasteiger charge is -2.21. The summed E-state index contributed by atoms with van der Waals surface area (Å²) >= 11 is 0. The van der Waals surface area contributed by atoms with Gasteiger partial charge in [-0.3, -0.25) is 0 Å². The molecule has 0 amide bonds. The first-order chi connectivity index (χ1) is 9.26. The number of aryl methyl sites for hydroxylation is 2. The highest BCUT2D eigenvalue weighted by Crippen LogP contribution is 2.15. The highest BCUT2D eigenvalue weighted by atomic mass is 19.1. The Hall–Kier alpha value is -1.82. The van der Waals surface area contributed by atoms with Gasteiger partial charge < -0.3 is 5.32 Å². The van der Waals surface area contributed by atoms with Crippen LogP contribution in [-0.4, -0.2) is 25.3 Å². The zero-order valence-corrected chi connectivity index (χ0v) is 12.5. The molecule has 0 aromatic carbocycles. The van der Waals surface area contributed by atoms with Crippen molar-refractivity contribution in [1.29, 1.82) is 0 Å². The topological polar surface area (TPSA) is 55.6 Å². The zero-order valence-electron chi connectivity index (χ0n) is 12.5. The fraction of sp³-hybridized carbons (Fsp3) is 0.500. The van der Waals surface area contributed by atoms with Crippen molar-refractivity contribution in [3.63, 3.8) is 0 Å². The second-order valence-corrected chi connectivity index (χ2v) is 5.86. The first-order valence-corrected chi connectivity index (χ1v) is 6.56. The summed E-state index contributed by atoms with van der Waals surface area (Å²) in [4.78, 5) is 8.43. The maximum Gasteiger partial charge on any atom is 0.160 e. The Morgan fingerprint density at radius 2 is 2.00 bits per heavy atom. The molecule has 0 bridgehead atoms. The molecule has 0 unspecified atom stereocenters. The van der Waals surface area contributed by atoms with Crippen molar-refractivity contribution in [2.45, 2.75) is 46.7 Å². The lowest BCUT2D eigenvalue weighted by Crippen LogP contribution is -2.35. The maximum absolute atomic E-state index is 13.5. The molecule has 108 valence electrons. The van der Waals surface area contributed by atoms with Gasteiger partial charge in [0, 0.05) is 17.6 Å². The molecule has 0 aliphatic heterocycles. The summed E-state index contributed by atoms with van der Waals surface area (Å²) in [5.74, 6) is 1.66. The summed E-state index contributed by atoms with van der Waals surface area (Å²) in [6.45, 7) is 10.4. The number of halogens is 1. The van der Waals surface area contributed by atoms with Gasteiger partial charge in [-0.05, 0) is 40.7 Å². The summed E-state index contributed by atoms with van der Waals surface area (Å²) in [7, 11) is 0. The van der Waals surface area contributed by atoms with E-state index in [9.17, 15) is 4.39 Å². The van der Waals surface area contributed by atoms with Gasteiger partial charge in [0.15, 0.2) is 5.82 Å². The molecule has 0 saturated heterocycles. The molecule has 0 atom stereocenters. The second-order valence-electron chi connectivity index (χ2n) is 5.86. The second kappa shape index (κ2) is 5.28. The molecule has 0 aliphatic carbocycles. The highest BCUT2D eigenvalue weighted by Gasteiger charge is 2.15. The molecular weight excluding hydrogens is 257 g/mol. The molecule has 0 aliphatic rings. The molecule has 0 radical (unpaired) electrons. The molecule has 0 spiro atoms. The van der Waals surface area contributed by atoms with E-state index in [-0.39, 0.29) is 11.4 Å². The largest absolute Gasteiger partial charge is 0.308 e. The molecule has 0 saturated carbocycles. The van der Waals surface area contributed by atoms with Gasteiger partial charge in [-0.15, -0.1) is 5.10 Å². The third kappa shape index (κ3) is 3.39. The fourth-order valence-corrected chi connectivity index (χ4v) is 1.88. The number of hydrogen-bond acceptors (Lipinski definition) is 4. The third-order valence-electron chi connectivity index (χ3n) is 2.79. The SMILES string of the molecule is Cc1nc(C)n(-c2ncc(F)cc2CNC(C)(C)C)n1. The van der Waals surface area contributed by atoms with Crippen LogP contribution in [0.1, 0.15) is 38.0 Å². The average molecular weight is 277 g/mol. The van der Waals surface area contributed by atoms with E-state index in [1.807, 2.05) is 13.8 Å². The van der Waals surface area contributed by atoms with Crippen molar-refractivity contribution in [2.75, 3.05) is 0 Å². The van der Waals surface area contributed by atoms with Crippen LogP contribution in [0.25, 0.3) is 5.82 Å². The molecule has 2 aromatic heterocycles. The average Bonchev–Trinajstić information content (AvgIpc) is 2.65. The van der Waals surface area contributed by atoms with Crippen LogP contribution in [0.3, 0.4) is 0 Å². The minimum atomic E-state index is -0.353. The smallest absolute Gasteiger partial charge is 0.160 e. The molecule has 20 heavy (non-hydrogen) atoms. The predicted molar refractivity (Wildman–Crippen MR) is 75.2 cm³/mol. The van der Waals surface area contributed by atoms with E-state index in [4.69, 9.17) is 0 Å². The van der Waals surface area contributed by atoms with Gasteiger partial charge in [0.25, 0.3) is 0 Å². The van der Waals surface area contributed by atoms with Crippen LogP contribution in [-0.2, 0) is 6.54 Å². The van der Waals surface area contributed by atoms with E-state index in [1.54, 1.807) is 4.68 Å². The Labute approximate surface area is 118 Å². The van der Waals surface area contributed by atoms with E-state index < -0.39 is 0 Å². The minimum absolute atomic E-state index is 0.0586.